The van der Waals surface area contributed by atoms with E-state index in [4.69, 9.17) is 9.97 Å². The molecule has 1 aliphatic carbocycles. The molecule has 198 valence electrons. The first-order valence-corrected chi connectivity index (χ1v) is 14.4. The number of pyridine rings is 2. The van der Waals surface area contributed by atoms with Crippen molar-refractivity contribution in [2.75, 3.05) is 0 Å². The summed E-state index contributed by atoms with van der Waals surface area (Å²) in [6.07, 6.45) is 8.89. The minimum Gasteiger partial charge on any atom is -0.251 e. The van der Waals surface area contributed by atoms with Crippen molar-refractivity contribution in [2.24, 2.45) is 5.92 Å². The molecule has 2 nitrogen and oxygen atoms in total. The van der Waals surface area contributed by atoms with E-state index in [9.17, 15) is 0 Å². The van der Waals surface area contributed by atoms with Crippen LogP contribution in [0.4, 0.5) is 0 Å². The van der Waals surface area contributed by atoms with Crippen LogP contribution in [0.1, 0.15) is 29.8 Å². The van der Waals surface area contributed by atoms with Gasteiger partial charge in [-0.2, -0.15) is 0 Å². The standard InChI is InChI=1S/C39H32N2/c1-25-9-7-8-12-33(25)30-17-19-32(20-18-30)37-24-27(3)41-39-35(37)22-21-34-36(23-26(2)40-38(34)39)31-15-13-29(14-16-31)28-10-5-4-6-11-28/h4-25,33H,1-3H3. The third kappa shape index (κ3) is 4.66. The molecule has 7 rings (SSSR count). The number of fused-ring (bicyclic) bond motifs is 3. The van der Waals surface area contributed by atoms with Gasteiger partial charge in [-0.1, -0.05) is 122 Å². The summed E-state index contributed by atoms with van der Waals surface area (Å²) in [6, 6.07) is 37.3. The van der Waals surface area contributed by atoms with Crippen molar-refractivity contribution in [2.45, 2.75) is 26.7 Å². The largest absolute Gasteiger partial charge is 0.251 e. The molecule has 0 bridgehead atoms. The van der Waals surface area contributed by atoms with Gasteiger partial charge in [-0.25, -0.2) is 0 Å². The van der Waals surface area contributed by atoms with Crippen LogP contribution in [0, 0.1) is 19.8 Å². The van der Waals surface area contributed by atoms with Crippen LogP contribution >= 0.6 is 0 Å². The molecular weight excluding hydrogens is 496 g/mol. The lowest BCUT2D eigenvalue weighted by atomic mass is 9.83. The number of aromatic nitrogens is 2. The van der Waals surface area contributed by atoms with Crippen LogP contribution in [0.25, 0.3) is 55.2 Å². The van der Waals surface area contributed by atoms with Crippen molar-refractivity contribution in [1.82, 2.24) is 9.97 Å². The highest BCUT2D eigenvalue weighted by Crippen LogP contribution is 2.38. The molecule has 0 aliphatic heterocycles. The quantitative estimate of drug-likeness (QED) is 0.213. The zero-order valence-corrected chi connectivity index (χ0v) is 23.7. The summed E-state index contributed by atoms with van der Waals surface area (Å²) >= 11 is 0. The third-order valence-corrected chi connectivity index (χ3v) is 8.33. The number of hydrogen-bond donors (Lipinski definition) is 0. The maximum atomic E-state index is 5.04. The van der Waals surface area contributed by atoms with Gasteiger partial charge in [0.15, 0.2) is 0 Å². The molecule has 4 aromatic carbocycles. The van der Waals surface area contributed by atoms with E-state index >= 15 is 0 Å². The summed E-state index contributed by atoms with van der Waals surface area (Å²) in [4.78, 5) is 10.1. The summed E-state index contributed by atoms with van der Waals surface area (Å²) in [5, 5.41) is 2.26. The molecule has 0 saturated heterocycles. The first-order chi connectivity index (χ1) is 20.0. The number of rotatable bonds is 4. The van der Waals surface area contributed by atoms with E-state index in [1.54, 1.807) is 0 Å². The lowest BCUT2D eigenvalue weighted by molar-refractivity contribution is 0.635. The number of aryl methyl sites for hydroxylation is 2. The van der Waals surface area contributed by atoms with E-state index < -0.39 is 0 Å². The Kier molecular flexibility index (Phi) is 6.32. The van der Waals surface area contributed by atoms with Gasteiger partial charge in [0.2, 0.25) is 0 Å². The van der Waals surface area contributed by atoms with Gasteiger partial charge in [-0.15, -0.1) is 0 Å². The molecule has 2 heteroatoms. The Balaban J connectivity index is 1.33. The number of hydrogen-bond acceptors (Lipinski definition) is 2. The molecule has 0 amide bonds. The number of benzene rings is 4. The van der Waals surface area contributed by atoms with E-state index in [1.807, 2.05) is 0 Å². The normalized spacial score (nSPS) is 16.5. The van der Waals surface area contributed by atoms with Crippen LogP contribution in [-0.2, 0) is 0 Å². The Hall–Kier alpha value is -4.82. The van der Waals surface area contributed by atoms with Crippen molar-refractivity contribution < 1.29 is 0 Å². The second kappa shape index (κ2) is 10.3. The molecular formula is C39H32N2. The molecule has 0 radical (unpaired) electrons. The third-order valence-electron chi connectivity index (χ3n) is 8.33. The van der Waals surface area contributed by atoms with Crippen molar-refractivity contribution in [1.29, 1.82) is 0 Å². The van der Waals surface area contributed by atoms with E-state index in [2.05, 4.69) is 148 Å². The van der Waals surface area contributed by atoms with Crippen molar-refractivity contribution >= 4 is 21.8 Å². The molecule has 6 aromatic rings. The minimum atomic E-state index is 0.418. The minimum absolute atomic E-state index is 0.418. The van der Waals surface area contributed by atoms with E-state index in [0.29, 0.717) is 11.8 Å². The Morgan fingerprint density at radius 2 is 1.00 bits per heavy atom. The second-order valence-electron chi connectivity index (χ2n) is 11.2. The summed E-state index contributed by atoms with van der Waals surface area (Å²) in [7, 11) is 0. The predicted octanol–water partition coefficient (Wildman–Crippen LogP) is 10.2. The van der Waals surface area contributed by atoms with Gasteiger partial charge in [0.1, 0.15) is 0 Å². The van der Waals surface area contributed by atoms with Gasteiger partial charge >= 0.3 is 0 Å². The van der Waals surface area contributed by atoms with Gasteiger partial charge in [-0.05, 0) is 70.8 Å². The zero-order valence-electron chi connectivity index (χ0n) is 23.7. The second-order valence-corrected chi connectivity index (χ2v) is 11.2. The molecule has 0 saturated carbocycles. The maximum absolute atomic E-state index is 5.04. The van der Waals surface area contributed by atoms with Crippen LogP contribution in [0.3, 0.4) is 0 Å². The first kappa shape index (κ1) is 25.2. The molecule has 0 N–H and O–H groups in total. The highest BCUT2D eigenvalue weighted by atomic mass is 14.8. The van der Waals surface area contributed by atoms with Gasteiger partial charge in [0.05, 0.1) is 11.0 Å². The fraction of sp³-hybridized carbons (Fsp3) is 0.128. The van der Waals surface area contributed by atoms with Crippen molar-refractivity contribution in [3.05, 3.63) is 144 Å². The number of allylic oxidation sites excluding steroid dienone is 4. The summed E-state index contributed by atoms with van der Waals surface area (Å²) in [5.74, 6) is 0.917. The Labute approximate surface area is 241 Å². The average Bonchev–Trinajstić information content (AvgIpc) is 3.01. The van der Waals surface area contributed by atoms with Gasteiger partial charge in [0, 0.05) is 28.1 Å². The van der Waals surface area contributed by atoms with Crippen LogP contribution in [0.2, 0.25) is 0 Å². The molecule has 41 heavy (non-hydrogen) atoms. The highest BCUT2D eigenvalue weighted by molar-refractivity contribution is 6.12. The lowest BCUT2D eigenvalue weighted by Crippen LogP contribution is -2.07. The Morgan fingerprint density at radius 3 is 1.56 bits per heavy atom. The molecule has 2 unspecified atom stereocenters. The van der Waals surface area contributed by atoms with Crippen LogP contribution < -0.4 is 0 Å². The average molecular weight is 529 g/mol. The first-order valence-electron chi connectivity index (χ1n) is 14.4. The number of nitrogens with zero attached hydrogens (tertiary/aromatic N) is 2. The monoisotopic (exact) mass is 528 g/mol. The SMILES string of the molecule is Cc1cc(-c2ccc(-c3ccccc3)cc2)c2ccc3c(-c4ccc(C5C=CC=CC5C)cc4)cc(C)nc3c2n1. The predicted molar refractivity (Wildman–Crippen MR) is 173 cm³/mol. The van der Waals surface area contributed by atoms with E-state index in [-0.39, 0.29) is 0 Å². The van der Waals surface area contributed by atoms with Gasteiger partial charge in [0.25, 0.3) is 0 Å². The maximum Gasteiger partial charge on any atom is 0.0974 e. The topological polar surface area (TPSA) is 25.8 Å². The Bertz CT molecular complexity index is 1950. The summed E-state index contributed by atoms with van der Waals surface area (Å²) in [6.45, 7) is 6.44. The van der Waals surface area contributed by atoms with Gasteiger partial charge < -0.3 is 0 Å². The van der Waals surface area contributed by atoms with E-state index in [1.165, 1.54) is 38.9 Å². The zero-order chi connectivity index (χ0) is 27.9. The fourth-order valence-corrected chi connectivity index (χ4v) is 6.20. The smallest absolute Gasteiger partial charge is 0.0974 e. The molecule has 2 aromatic heterocycles. The lowest BCUT2D eigenvalue weighted by Gasteiger charge is -2.21. The molecule has 0 spiro atoms. The van der Waals surface area contributed by atoms with Crippen LogP contribution in [0.15, 0.2) is 127 Å². The molecule has 0 fully saturated rings. The van der Waals surface area contributed by atoms with Crippen molar-refractivity contribution in [3.8, 4) is 33.4 Å². The fourth-order valence-electron chi connectivity index (χ4n) is 6.20. The molecule has 2 atom stereocenters. The molecule has 1 aliphatic rings. The van der Waals surface area contributed by atoms with Crippen LogP contribution in [0.5, 0.6) is 0 Å². The Morgan fingerprint density at radius 1 is 0.512 bits per heavy atom. The van der Waals surface area contributed by atoms with Crippen molar-refractivity contribution in [3.63, 3.8) is 0 Å². The molecule has 2 heterocycles. The summed E-state index contributed by atoms with van der Waals surface area (Å²) < 4.78 is 0. The van der Waals surface area contributed by atoms with E-state index in [0.717, 1.165) is 33.2 Å². The highest BCUT2D eigenvalue weighted by Gasteiger charge is 2.18. The summed E-state index contributed by atoms with van der Waals surface area (Å²) in [5.41, 5.74) is 12.5. The van der Waals surface area contributed by atoms with Gasteiger partial charge in [-0.3, -0.25) is 9.97 Å². The van der Waals surface area contributed by atoms with Crippen LogP contribution in [-0.4, -0.2) is 9.97 Å².